The molecule has 2 heterocycles. The molecule has 0 aliphatic carbocycles. The number of pyridine rings is 1. The van der Waals surface area contributed by atoms with E-state index >= 15 is 0 Å². The lowest BCUT2D eigenvalue weighted by molar-refractivity contribution is -0.139. The Morgan fingerprint density at radius 3 is 2.26 bits per heavy atom. The molecule has 6 nitrogen and oxygen atoms in total. The van der Waals surface area contributed by atoms with Crippen molar-refractivity contribution in [3.8, 4) is 11.5 Å². The number of rotatable bonds is 5. The molecule has 2 aromatic heterocycles. The van der Waals surface area contributed by atoms with Crippen LogP contribution < -0.4 is 10.6 Å². The zero-order valence-corrected chi connectivity index (χ0v) is 13.9. The van der Waals surface area contributed by atoms with E-state index in [1.54, 1.807) is 5.32 Å². The van der Waals surface area contributed by atoms with Gasteiger partial charge in [-0.2, -0.15) is 41.3 Å². The average Bonchev–Trinajstić information content (AvgIpc) is 2.60. The molecule has 0 saturated carbocycles. The van der Waals surface area contributed by atoms with Crippen molar-refractivity contribution in [3.05, 3.63) is 23.3 Å². The minimum atomic E-state index is -5.67. The van der Waals surface area contributed by atoms with Gasteiger partial charge in [-0.15, -0.1) is 0 Å². The fraction of sp³-hybridized carbons (Fsp3) is 0.429. The second kappa shape index (κ2) is 7.71. The summed E-state index contributed by atoms with van der Waals surface area (Å²) in [5.41, 5.74) is -0.442. The molecule has 0 radical (unpaired) electrons. The predicted molar refractivity (Wildman–Crippen MR) is 86.3 cm³/mol. The second-order valence-electron chi connectivity index (χ2n) is 4.97. The van der Waals surface area contributed by atoms with Crippen LogP contribution in [-0.4, -0.2) is 44.3 Å². The molecule has 0 bridgehead atoms. The SMILES string of the molecule is [2H]c1ccc(Cl)nc1-c1nc(NC(C)C(F)(F)F)nc(NC([2H])(C([2H])([2H])[2H])C(F)(F)F)n1. The minimum absolute atomic E-state index is 0.197. The Labute approximate surface area is 161 Å². The van der Waals surface area contributed by atoms with Gasteiger partial charge in [-0.25, -0.2) is 4.98 Å². The van der Waals surface area contributed by atoms with E-state index in [1.165, 1.54) is 11.4 Å². The Bertz CT molecular complexity index is 972. The summed E-state index contributed by atoms with van der Waals surface area (Å²) in [5, 5.41) is 2.91. The van der Waals surface area contributed by atoms with E-state index in [4.69, 9.17) is 18.5 Å². The molecule has 0 spiro atoms. The first-order valence-corrected chi connectivity index (χ1v) is 7.31. The van der Waals surface area contributed by atoms with Gasteiger partial charge in [-0.05, 0) is 25.9 Å². The highest BCUT2D eigenvalue weighted by Gasteiger charge is 2.38. The highest BCUT2D eigenvalue weighted by atomic mass is 35.5. The number of hydrogen-bond acceptors (Lipinski definition) is 6. The summed E-state index contributed by atoms with van der Waals surface area (Å²) in [4.78, 5) is 14.2. The van der Waals surface area contributed by atoms with Gasteiger partial charge in [0.1, 0.15) is 22.9 Å². The highest BCUT2D eigenvalue weighted by Crippen LogP contribution is 2.26. The van der Waals surface area contributed by atoms with E-state index in [9.17, 15) is 26.3 Å². The van der Waals surface area contributed by atoms with Crippen LogP contribution in [0.2, 0.25) is 5.15 Å². The average molecular weight is 420 g/mol. The van der Waals surface area contributed by atoms with Gasteiger partial charge in [0, 0.05) is 4.11 Å². The van der Waals surface area contributed by atoms with Crippen LogP contribution in [0.5, 0.6) is 0 Å². The van der Waals surface area contributed by atoms with Gasteiger partial charge in [0.2, 0.25) is 11.9 Å². The quantitative estimate of drug-likeness (QED) is 0.555. The van der Waals surface area contributed by atoms with E-state index in [2.05, 4.69) is 19.9 Å². The summed E-state index contributed by atoms with van der Waals surface area (Å²) >= 11 is 5.72. The highest BCUT2D eigenvalue weighted by molar-refractivity contribution is 6.29. The third-order valence-corrected chi connectivity index (χ3v) is 3.07. The summed E-state index contributed by atoms with van der Waals surface area (Å²) in [5.74, 6) is -2.81. The molecule has 0 aliphatic heterocycles. The molecule has 0 amide bonds. The molecule has 0 aliphatic rings. The van der Waals surface area contributed by atoms with Gasteiger partial charge in [0.05, 0.1) is 2.74 Å². The molecule has 0 fully saturated rings. The van der Waals surface area contributed by atoms with Gasteiger partial charge in [0.25, 0.3) is 0 Å². The second-order valence-corrected chi connectivity index (χ2v) is 5.36. The van der Waals surface area contributed by atoms with Crippen LogP contribution in [0.4, 0.5) is 38.2 Å². The Balaban J connectivity index is 2.66. The molecule has 27 heavy (non-hydrogen) atoms. The van der Waals surface area contributed by atoms with Crippen molar-refractivity contribution in [1.29, 1.82) is 0 Å². The third-order valence-electron chi connectivity index (χ3n) is 2.86. The van der Waals surface area contributed by atoms with Crippen molar-refractivity contribution in [2.75, 3.05) is 10.6 Å². The molecule has 0 aromatic carbocycles. The Morgan fingerprint density at radius 1 is 1.07 bits per heavy atom. The first-order valence-electron chi connectivity index (χ1n) is 9.43. The number of aromatic nitrogens is 4. The lowest BCUT2D eigenvalue weighted by Gasteiger charge is -2.20. The van der Waals surface area contributed by atoms with Gasteiger partial charge in [-0.3, -0.25) is 0 Å². The van der Waals surface area contributed by atoms with Crippen LogP contribution in [-0.2, 0) is 0 Å². The van der Waals surface area contributed by atoms with E-state index in [0.717, 1.165) is 6.07 Å². The number of nitrogens with zero attached hydrogens (tertiary/aromatic N) is 4. The van der Waals surface area contributed by atoms with Crippen molar-refractivity contribution in [3.63, 3.8) is 0 Å². The predicted octanol–water partition coefficient (Wildman–Crippen LogP) is 4.31. The normalized spacial score (nSPS) is 18.9. The fourth-order valence-corrected chi connectivity index (χ4v) is 1.69. The summed E-state index contributed by atoms with van der Waals surface area (Å²) in [6.07, 6.45) is -10.5. The fourth-order valence-electron chi connectivity index (χ4n) is 1.54. The number of nitrogens with one attached hydrogen (secondary N) is 2. The Kier molecular flexibility index (Phi) is 4.18. The molecule has 2 aromatic rings. The first kappa shape index (κ1) is 14.7. The standard InChI is InChI=1S/C14H13ClF6N6/c1-6(13(16,17)18)22-11-25-10(8-4-3-5-9(15)24-8)26-12(27-11)23-7(2)14(19,20)21/h3-7H,1-2H3,(H2,22,23,25,26,27)/i1D3,4D,6D. The van der Waals surface area contributed by atoms with Crippen LogP contribution in [0.1, 0.15) is 20.6 Å². The minimum Gasteiger partial charge on any atom is -0.343 e. The van der Waals surface area contributed by atoms with Crippen molar-refractivity contribution in [2.24, 2.45) is 0 Å². The van der Waals surface area contributed by atoms with Crippen molar-refractivity contribution in [2.45, 2.75) is 38.2 Å². The van der Waals surface area contributed by atoms with Gasteiger partial charge in [-0.1, -0.05) is 17.7 Å². The van der Waals surface area contributed by atoms with Gasteiger partial charge in [0.15, 0.2) is 5.82 Å². The molecular formula is C14H13ClF6N6. The number of halogens is 7. The number of anilines is 2. The van der Waals surface area contributed by atoms with Gasteiger partial charge >= 0.3 is 12.4 Å². The third kappa shape index (κ3) is 5.81. The van der Waals surface area contributed by atoms with E-state index in [-0.39, 0.29) is 5.15 Å². The molecular weight excluding hydrogens is 402 g/mol. The number of alkyl halides is 6. The molecule has 2 rings (SSSR count). The Hall–Kier alpha value is -2.37. The van der Waals surface area contributed by atoms with E-state index in [0.29, 0.717) is 6.92 Å². The van der Waals surface area contributed by atoms with E-state index in [1.807, 2.05) is 0 Å². The smallest absolute Gasteiger partial charge is 0.343 e. The molecule has 13 heteroatoms. The lowest BCUT2D eigenvalue weighted by Crippen LogP contribution is -2.35. The topological polar surface area (TPSA) is 75.6 Å². The van der Waals surface area contributed by atoms with Crippen LogP contribution in [0.3, 0.4) is 0 Å². The van der Waals surface area contributed by atoms with Crippen LogP contribution in [0.15, 0.2) is 18.2 Å². The molecule has 0 saturated heterocycles. The lowest BCUT2D eigenvalue weighted by atomic mass is 10.3. The van der Waals surface area contributed by atoms with Crippen molar-refractivity contribution >= 4 is 23.5 Å². The summed E-state index contributed by atoms with van der Waals surface area (Å²) in [7, 11) is 0. The molecule has 2 N–H and O–H groups in total. The first-order chi connectivity index (χ1) is 14.3. The number of hydrogen-bond donors (Lipinski definition) is 2. The zero-order valence-electron chi connectivity index (χ0n) is 18.2. The zero-order chi connectivity index (χ0) is 24.7. The van der Waals surface area contributed by atoms with Crippen molar-refractivity contribution in [1.82, 2.24) is 19.9 Å². The molecule has 148 valence electrons. The summed E-state index contributed by atoms with van der Waals surface area (Å²) in [6, 6.07) is -4.70. The van der Waals surface area contributed by atoms with Crippen LogP contribution >= 0.6 is 11.6 Å². The largest absolute Gasteiger partial charge is 0.408 e. The monoisotopic (exact) mass is 419 g/mol. The van der Waals surface area contributed by atoms with Gasteiger partial charge < -0.3 is 10.6 Å². The Morgan fingerprint density at radius 2 is 1.70 bits per heavy atom. The van der Waals surface area contributed by atoms with Crippen molar-refractivity contribution < 1.29 is 33.2 Å². The maximum absolute atomic E-state index is 13.4. The summed E-state index contributed by atoms with van der Waals surface area (Å²) in [6.45, 7) is -3.32. The van der Waals surface area contributed by atoms with Crippen LogP contribution in [0, 0.1) is 0 Å². The van der Waals surface area contributed by atoms with Crippen LogP contribution in [0.25, 0.3) is 11.5 Å². The van der Waals surface area contributed by atoms with E-state index < -0.39 is 60.7 Å². The molecule has 2 atom stereocenters. The summed E-state index contributed by atoms with van der Waals surface area (Å²) < 4.78 is 115. The maximum atomic E-state index is 13.4. The molecule has 2 unspecified atom stereocenters. The maximum Gasteiger partial charge on any atom is 0.408 e.